The molecule has 1 unspecified atom stereocenters. The fourth-order valence-electron chi connectivity index (χ4n) is 3.27. The van der Waals surface area contributed by atoms with Crippen LogP contribution in [0.4, 0.5) is 4.39 Å². The van der Waals surface area contributed by atoms with Gasteiger partial charge in [-0.05, 0) is 62.4 Å². The molecule has 0 amide bonds. The number of hydrogen-bond acceptors (Lipinski definition) is 2. The summed E-state index contributed by atoms with van der Waals surface area (Å²) in [6, 6.07) is 7.14. The van der Waals surface area contributed by atoms with Crippen LogP contribution in [-0.4, -0.2) is 29.1 Å². The van der Waals surface area contributed by atoms with Gasteiger partial charge in [0.25, 0.3) is 0 Å². The van der Waals surface area contributed by atoms with Crippen molar-refractivity contribution in [3.8, 4) is 0 Å². The van der Waals surface area contributed by atoms with E-state index in [9.17, 15) is 9.18 Å². The third-order valence-corrected chi connectivity index (χ3v) is 4.50. The topological polar surface area (TPSA) is 40.5 Å². The number of carbonyl (C=O) groups is 1. The zero-order valence-electron chi connectivity index (χ0n) is 12.6. The molecule has 2 rings (SSSR count). The van der Waals surface area contributed by atoms with Crippen molar-refractivity contribution in [2.24, 2.45) is 5.92 Å². The second-order valence-corrected chi connectivity index (χ2v) is 5.89. The first-order valence-electron chi connectivity index (χ1n) is 7.81. The van der Waals surface area contributed by atoms with E-state index in [0.29, 0.717) is 12.0 Å². The Labute approximate surface area is 125 Å². The van der Waals surface area contributed by atoms with Crippen molar-refractivity contribution in [1.82, 2.24) is 4.90 Å². The maximum Gasteiger partial charge on any atom is 0.303 e. The van der Waals surface area contributed by atoms with Crippen LogP contribution < -0.4 is 0 Å². The summed E-state index contributed by atoms with van der Waals surface area (Å²) in [5.41, 5.74) is 1.17. The lowest BCUT2D eigenvalue weighted by Gasteiger charge is -2.37. The Hall–Kier alpha value is -1.42. The molecule has 0 saturated carbocycles. The van der Waals surface area contributed by atoms with Crippen molar-refractivity contribution >= 4 is 5.97 Å². The Kier molecular flexibility index (Phi) is 5.74. The van der Waals surface area contributed by atoms with Crippen LogP contribution >= 0.6 is 0 Å². The molecule has 116 valence electrons. The number of carboxylic acids is 1. The summed E-state index contributed by atoms with van der Waals surface area (Å²) in [6.07, 6.45) is 4.19. The summed E-state index contributed by atoms with van der Waals surface area (Å²) in [5, 5.41) is 8.75. The molecule has 1 aliphatic heterocycles. The molecule has 0 bridgehead atoms. The zero-order valence-corrected chi connectivity index (χ0v) is 12.6. The van der Waals surface area contributed by atoms with Crippen LogP contribution in [0.3, 0.4) is 0 Å². The Morgan fingerprint density at radius 3 is 2.48 bits per heavy atom. The van der Waals surface area contributed by atoms with E-state index < -0.39 is 5.97 Å². The van der Waals surface area contributed by atoms with Crippen molar-refractivity contribution in [3.63, 3.8) is 0 Å². The Bertz CT molecular complexity index is 452. The van der Waals surface area contributed by atoms with Crippen LogP contribution in [0.15, 0.2) is 24.3 Å². The average Bonchev–Trinajstić information content (AvgIpc) is 2.49. The van der Waals surface area contributed by atoms with Gasteiger partial charge in [-0.2, -0.15) is 0 Å². The van der Waals surface area contributed by atoms with Gasteiger partial charge in [-0.25, -0.2) is 4.39 Å². The van der Waals surface area contributed by atoms with Gasteiger partial charge in [0, 0.05) is 12.5 Å². The molecule has 0 aromatic heterocycles. The highest BCUT2D eigenvalue weighted by Crippen LogP contribution is 2.30. The van der Waals surface area contributed by atoms with E-state index in [4.69, 9.17) is 5.11 Å². The van der Waals surface area contributed by atoms with Gasteiger partial charge in [0.15, 0.2) is 0 Å². The van der Waals surface area contributed by atoms with Crippen LogP contribution in [0, 0.1) is 11.7 Å². The smallest absolute Gasteiger partial charge is 0.303 e. The monoisotopic (exact) mass is 293 g/mol. The predicted molar refractivity (Wildman–Crippen MR) is 80.6 cm³/mol. The Balaban J connectivity index is 1.90. The van der Waals surface area contributed by atoms with E-state index in [1.807, 2.05) is 12.1 Å². The summed E-state index contributed by atoms with van der Waals surface area (Å²) in [7, 11) is 0. The molecule has 0 radical (unpaired) electrons. The maximum atomic E-state index is 13.0. The lowest BCUT2D eigenvalue weighted by Crippen LogP contribution is -2.36. The number of hydrogen-bond donors (Lipinski definition) is 1. The fourth-order valence-corrected chi connectivity index (χ4v) is 3.27. The van der Waals surface area contributed by atoms with E-state index in [0.717, 1.165) is 38.8 Å². The normalized spacial score (nSPS) is 18.6. The zero-order chi connectivity index (χ0) is 15.2. The van der Waals surface area contributed by atoms with Gasteiger partial charge in [-0.3, -0.25) is 9.69 Å². The fraction of sp³-hybridized carbons (Fsp3) is 0.588. The van der Waals surface area contributed by atoms with Gasteiger partial charge in [0.05, 0.1) is 0 Å². The standard InChI is InChI=1S/C17H24FNO2/c1-2-16(14-4-6-15(18)7-5-14)19-11-9-13(10-12-19)3-8-17(20)21/h4-7,13,16H,2-3,8-12H2,1H3,(H,20,21). The van der Waals surface area contributed by atoms with E-state index in [-0.39, 0.29) is 12.2 Å². The van der Waals surface area contributed by atoms with Crippen LogP contribution in [0.25, 0.3) is 0 Å². The molecule has 1 saturated heterocycles. The van der Waals surface area contributed by atoms with Crippen molar-refractivity contribution in [2.75, 3.05) is 13.1 Å². The van der Waals surface area contributed by atoms with Crippen molar-refractivity contribution in [2.45, 2.75) is 45.1 Å². The number of benzene rings is 1. The van der Waals surface area contributed by atoms with Crippen LogP contribution in [0.1, 0.15) is 50.6 Å². The molecular weight excluding hydrogens is 269 g/mol. The highest BCUT2D eigenvalue weighted by molar-refractivity contribution is 5.66. The van der Waals surface area contributed by atoms with E-state index in [2.05, 4.69) is 11.8 Å². The van der Waals surface area contributed by atoms with Gasteiger partial charge < -0.3 is 5.11 Å². The third kappa shape index (κ3) is 4.53. The minimum absolute atomic E-state index is 0.194. The Morgan fingerprint density at radius 2 is 1.95 bits per heavy atom. The van der Waals surface area contributed by atoms with E-state index in [1.165, 1.54) is 17.7 Å². The quantitative estimate of drug-likeness (QED) is 0.866. The van der Waals surface area contributed by atoms with E-state index >= 15 is 0 Å². The van der Waals surface area contributed by atoms with Gasteiger partial charge in [0.2, 0.25) is 0 Å². The second kappa shape index (κ2) is 7.55. The number of likely N-dealkylation sites (tertiary alicyclic amines) is 1. The number of carboxylic acid groups (broad SMARTS) is 1. The highest BCUT2D eigenvalue weighted by Gasteiger charge is 2.25. The first-order chi connectivity index (χ1) is 10.1. The summed E-state index contributed by atoms with van der Waals surface area (Å²) in [4.78, 5) is 13.1. The van der Waals surface area contributed by atoms with Gasteiger partial charge in [-0.1, -0.05) is 19.1 Å². The number of halogens is 1. The molecular formula is C17H24FNO2. The van der Waals surface area contributed by atoms with Crippen LogP contribution in [-0.2, 0) is 4.79 Å². The molecule has 3 nitrogen and oxygen atoms in total. The lowest BCUT2D eigenvalue weighted by molar-refractivity contribution is -0.137. The lowest BCUT2D eigenvalue weighted by atomic mass is 9.90. The average molecular weight is 293 g/mol. The van der Waals surface area contributed by atoms with Crippen molar-refractivity contribution in [3.05, 3.63) is 35.6 Å². The Morgan fingerprint density at radius 1 is 1.33 bits per heavy atom. The molecule has 4 heteroatoms. The van der Waals surface area contributed by atoms with Crippen LogP contribution in [0.2, 0.25) is 0 Å². The van der Waals surface area contributed by atoms with Gasteiger partial charge in [0.1, 0.15) is 5.82 Å². The number of rotatable bonds is 6. The maximum absolute atomic E-state index is 13.0. The van der Waals surface area contributed by atoms with Crippen molar-refractivity contribution in [1.29, 1.82) is 0 Å². The van der Waals surface area contributed by atoms with Gasteiger partial charge >= 0.3 is 5.97 Å². The first kappa shape index (κ1) is 16.0. The van der Waals surface area contributed by atoms with Gasteiger partial charge in [-0.15, -0.1) is 0 Å². The first-order valence-corrected chi connectivity index (χ1v) is 7.81. The summed E-state index contributed by atoms with van der Waals surface area (Å²) in [5.74, 6) is -0.362. The second-order valence-electron chi connectivity index (χ2n) is 5.89. The molecule has 1 N–H and O–H groups in total. The summed E-state index contributed by atoms with van der Waals surface area (Å²) in [6.45, 7) is 4.16. The third-order valence-electron chi connectivity index (χ3n) is 4.50. The molecule has 1 aromatic carbocycles. The molecule has 1 heterocycles. The molecule has 1 aromatic rings. The number of aliphatic carboxylic acids is 1. The SMILES string of the molecule is CCC(c1ccc(F)cc1)N1CCC(CCC(=O)O)CC1. The molecule has 0 aliphatic carbocycles. The molecule has 1 fully saturated rings. The predicted octanol–water partition coefficient (Wildman–Crippen LogP) is 3.85. The van der Waals surface area contributed by atoms with Crippen LogP contribution in [0.5, 0.6) is 0 Å². The highest BCUT2D eigenvalue weighted by atomic mass is 19.1. The minimum atomic E-state index is -0.699. The molecule has 0 spiro atoms. The molecule has 21 heavy (non-hydrogen) atoms. The summed E-state index contributed by atoms with van der Waals surface area (Å²) >= 11 is 0. The molecule has 1 aliphatic rings. The number of nitrogens with zero attached hydrogens (tertiary/aromatic N) is 1. The summed E-state index contributed by atoms with van der Waals surface area (Å²) < 4.78 is 13.0. The van der Waals surface area contributed by atoms with Crippen molar-refractivity contribution < 1.29 is 14.3 Å². The van der Waals surface area contributed by atoms with E-state index in [1.54, 1.807) is 0 Å². The molecule has 1 atom stereocenters. The largest absolute Gasteiger partial charge is 0.481 e. The minimum Gasteiger partial charge on any atom is -0.481 e. The number of piperidine rings is 1.